The molecule has 2 rings (SSSR count). The molecule has 1 saturated heterocycles. The van der Waals surface area contributed by atoms with Gasteiger partial charge < -0.3 is 24.6 Å². The Labute approximate surface area is 183 Å². The topological polar surface area (TPSA) is 118 Å². The number of ether oxygens (including phenoxy) is 2. The van der Waals surface area contributed by atoms with Crippen LogP contribution >= 0.6 is 6.72 Å². The Morgan fingerprint density at radius 3 is 2.40 bits per heavy atom. The molecule has 2 unspecified atom stereocenters. The first kappa shape index (κ1) is 25.4. The molecule has 3 N–H and O–H groups in total. The lowest BCUT2D eigenvalue weighted by atomic mass is 9.87. The highest BCUT2D eigenvalue weighted by Gasteiger charge is 2.50. The first-order chi connectivity index (χ1) is 13.5. The summed E-state index contributed by atoms with van der Waals surface area (Å²) in [5, 5.41) is 0. The number of anilines is 1. The molecule has 5 atom stereocenters. The minimum absolute atomic E-state index is 0.122. The molecule has 0 saturated carbocycles. The first-order valence-corrected chi connectivity index (χ1v) is 12.4. The van der Waals surface area contributed by atoms with Gasteiger partial charge in [-0.1, -0.05) is 20.8 Å². The first-order valence-electron chi connectivity index (χ1n) is 9.78. The average Bonchev–Trinajstić information content (AvgIpc) is 2.83. The zero-order valence-corrected chi connectivity index (χ0v) is 20.6. The van der Waals surface area contributed by atoms with E-state index >= 15 is 0 Å². The predicted octanol–water partition coefficient (Wildman–Crippen LogP) is 2.90. The summed E-state index contributed by atoms with van der Waals surface area (Å²) in [6, 6.07) is 0. The van der Waals surface area contributed by atoms with Gasteiger partial charge in [0.2, 0.25) is 0 Å². The molecule has 11 heteroatoms. The van der Waals surface area contributed by atoms with E-state index in [9.17, 15) is 9.69 Å². The summed E-state index contributed by atoms with van der Waals surface area (Å²) < 4.78 is 24.8. The smallest absolute Gasteiger partial charge is 0.351 e. The van der Waals surface area contributed by atoms with Crippen LogP contribution in [-0.2, 0) is 30.3 Å². The number of nitrogen functional groups attached to an aromatic ring is 1. The number of aromatic nitrogens is 2. The fourth-order valence-corrected chi connectivity index (χ4v) is 5.63. The van der Waals surface area contributed by atoms with Crippen molar-refractivity contribution < 1.29 is 23.4 Å². The molecule has 1 aliphatic heterocycles. The minimum Gasteiger partial charge on any atom is -0.383 e. The van der Waals surface area contributed by atoms with Gasteiger partial charge in [0.15, 0.2) is 6.23 Å². The van der Waals surface area contributed by atoms with Crippen molar-refractivity contribution in [3.8, 4) is 0 Å². The Kier molecular flexibility index (Phi) is 7.56. The molecule has 172 valence electrons. The normalized spacial score (nSPS) is 27.2. The number of methoxy groups -OCH3 is 1. The van der Waals surface area contributed by atoms with Crippen molar-refractivity contribution in [3.05, 3.63) is 22.2 Å². The van der Waals surface area contributed by atoms with Gasteiger partial charge in [-0.3, -0.25) is 9.09 Å². The maximum Gasteiger partial charge on any atom is 0.351 e. The predicted molar refractivity (Wildman–Crippen MR) is 119 cm³/mol. The zero-order chi connectivity index (χ0) is 23.1. The standard InChI is InChI=1S/C19H34N3O6PS/c1-11-10-22(17(23)21-15(11)20)16-14(25-8)13(12(26-16)9-18(2,3)4)27-29(24,30)28-19(5,6)7/h10,12-14,16H,9H2,1-8H3,(H,24,30)(H2,20,21,23)/t12-,13+,14?,16-,29?/m1/s1. The van der Waals surface area contributed by atoms with Crippen LogP contribution < -0.4 is 11.4 Å². The molecule has 1 aliphatic rings. The number of rotatable bonds is 6. The van der Waals surface area contributed by atoms with Crippen molar-refractivity contribution in [2.45, 2.75) is 85.0 Å². The number of aryl methyl sites for hydroxylation is 1. The van der Waals surface area contributed by atoms with E-state index in [4.69, 9.17) is 36.1 Å². The third-order valence-corrected chi connectivity index (χ3v) is 6.23. The van der Waals surface area contributed by atoms with Crippen LogP contribution in [0.3, 0.4) is 0 Å². The van der Waals surface area contributed by atoms with Crippen LogP contribution in [0.4, 0.5) is 5.82 Å². The van der Waals surface area contributed by atoms with E-state index in [2.05, 4.69) is 25.8 Å². The van der Waals surface area contributed by atoms with Gasteiger partial charge in [0.25, 0.3) is 0 Å². The fraction of sp³-hybridized carbons (Fsp3) is 0.789. The third kappa shape index (κ3) is 6.56. The van der Waals surface area contributed by atoms with Gasteiger partial charge in [-0.2, -0.15) is 4.98 Å². The number of nitrogens with two attached hydrogens (primary N) is 1. The molecule has 30 heavy (non-hydrogen) atoms. The van der Waals surface area contributed by atoms with Gasteiger partial charge in [0.1, 0.15) is 18.0 Å². The Hall–Kier alpha value is -0.870. The van der Waals surface area contributed by atoms with Crippen molar-refractivity contribution in [2.75, 3.05) is 12.8 Å². The van der Waals surface area contributed by atoms with Crippen molar-refractivity contribution in [2.24, 2.45) is 5.41 Å². The Morgan fingerprint density at radius 2 is 1.90 bits per heavy atom. The van der Waals surface area contributed by atoms with Crippen LogP contribution in [0.15, 0.2) is 11.0 Å². The molecule has 0 bridgehead atoms. The summed E-state index contributed by atoms with van der Waals surface area (Å²) in [5.74, 6) is 0.159. The molecule has 1 aromatic rings. The van der Waals surface area contributed by atoms with Crippen LogP contribution in [0.1, 0.15) is 59.8 Å². The maximum atomic E-state index is 12.5. The lowest BCUT2D eigenvalue weighted by Crippen LogP contribution is -2.39. The van der Waals surface area contributed by atoms with Gasteiger partial charge in [-0.05, 0) is 51.3 Å². The molecule has 0 aromatic carbocycles. The summed E-state index contributed by atoms with van der Waals surface area (Å²) >= 11 is 5.26. The Morgan fingerprint density at radius 1 is 1.30 bits per heavy atom. The van der Waals surface area contributed by atoms with Gasteiger partial charge in [0, 0.05) is 18.9 Å². The average molecular weight is 464 g/mol. The molecule has 1 aromatic heterocycles. The van der Waals surface area contributed by atoms with Crippen LogP contribution in [-0.4, -0.2) is 45.5 Å². The second kappa shape index (κ2) is 8.94. The van der Waals surface area contributed by atoms with Crippen molar-refractivity contribution >= 4 is 24.3 Å². The summed E-state index contributed by atoms with van der Waals surface area (Å²) in [6.07, 6.45) is -0.632. The summed E-state index contributed by atoms with van der Waals surface area (Å²) in [7, 11) is 1.49. The number of nitrogens with zero attached hydrogens (tertiary/aromatic N) is 2. The molecule has 0 radical (unpaired) electrons. The third-order valence-electron chi connectivity index (χ3n) is 4.46. The molecular formula is C19H34N3O6PS. The van der Waals surface area contributed by atoms with Gasteiger partial charge >= 0.3 is 12.4 Å². The zero-order valence-electron chi connectivity index (χ0n) is 18.9. The molecule has 2 heterocycles. The van der Waals surface area contributed by atoms with E-state index in [1.54, 1.807) is 33.9 Å². The molecule has 1 fully saturated rings. The molecular weight excluding hydrogens is 429 g/mol. The van der Waals surface area contributed by atoms with Crippen molar-refractivity contribution in [3.63, 3.8) is 0 Å². The van der Waals surface area contributed by atoms with Gasteiger partial charge in [-0.15, -0.1) is 0 Å². The van der Waals surface area contributed by atoms with E-state index in [1.807, 2.05) is 0 Å². The largest absolute Gasteiger partial charge is 0.383 e. The van der Waals surface area contributed by atoms with E-state index < -0.39 is 42.5 Å². The van der Waals surface area contributed by atoms with E-state index in [-0.39, 0.29) is 11.2 Å². The summed E-state index contributed by atoms with van der Waals surface area (Å²) in [6.45, 7) is 9.66. The van der Waals surface area contributed by atoms with Gasteiger partial charge in [0.05, 0.1) is 11.7 Å². The SMILES string of the molecule is COC1[C@@H](OP(O)(=S)OC(C)(C)C)[C@@H](CC(C)(C)C)O[C@H]1n1cc(C)c(N)nc1=O. The van der Waals surface area contributed by atoms with Crippen LogP contribution in [0.25, 0.3) is 0 Å². The van der Waals surface area contributed by atoms with Crippen LogP contribution in [0.2, 0.25) is 0 Å². The number of hydrogen-bond acceptors (Lipinski definition) is 8. The highest BCUT2D eigenvalue weighted by Crippen LogP contribution is 2.52. The van der Waals surface area contributed by atoms with Gasteiger partial charge in [-0.25, -0.2) is 4.79 Å². The lowest BCUT2D eigenvalue weighted by molar-refractivity contribution is -0.0593. The summed E-state index contributed by atoms with van der Waals surface area (Å²) in [5.41, 5.74) is 5.01. The Balaban J connectivity index is 2.45. The van der Waals surface area contributed by atoms with E-state index in [0.29, 0.717) is 12.0 Å². The van der Waals surface area contributed by atoms with Crippen molar-refractivity contribution in [1.82, 2.24) is 9.55 Å². The quantitative estimate of drug-likeness (QED) is 0.614. The molecule has 0 aliphatic carbocycles. The second-order valence-corrected chi connectivity index (χ2v) is 12.5. The molecule has 0 spiro atoms. The lowest BCUT2D eigenvalue weighted by Gasteiger charge is -2.32. The van der Waals surface area contributed by atoms with E-state index in [0.717, 1.165) is 0 Å². The fourth-order valence-electron chi connectivity index (χ4n) is 3.36. The molecule has 0 amide bonds. The monoisotopic (exact) mass is 463 g/mol. The molecule has 9 nitrogen and oxygen atoms in total. The van der Waals surface area contributed by atoms with Crippen molar-refractivity contribution in [1.29, 1.82) is 0 Å². The summed E-state index contributed by atoms with van der Waals surface area (Å²) in [4.78, 5) is 27.1. The highest BCUT2D eigenvalue weighted by molar-refractivity contribution is 8.07. The van der Waals surface area contributed by atoms with Crippen LogP contribution in [0.5, 0.6) is 0 Å². The van der Waals surface area contributed by atoms with Crippen LogP contribution in [0, 0.1) is 12.3 Å². The minimum atomic E-state index is -3.61. The highest BCUT2D eigenvalue weighted by atomic mass is 32.5. The number of hydrogen-bond donors (Lipinski definition) is 2. The second-order valence-electron chi connectivity index (χ2n) is 9.77. The Bertz CT molecular complexity index is 863. The maximum absolute atomic E-state index is 12.5. The van der Waals surface area contributed by atoms with E-state index in [1.165, 1.54) is 11.7 Å².